The molecule has 190 valence electrons. The predicted molar refractivity (Wildman–Crippen MR) is 133 cm³/mol. The molecular weight excluding hydrogens is 452 g/mol. The maximum Gasteiger partial charge on any atom is 0.309 e. The average Bonchev–Trinajstić information content (AvgIpc) is 3.38. The van der Waals surface area contributed by atoms with Crippen molar-refractivity contribution >= 4 is 29.2 Å². The molecule has 0 bridgehead atoms. The van der Waals surface area contributed by atoms with Crippen molar-refractivity contribution in [2.45, 2.75) is 104 Å². The summed E-state index contributed by atoms with van der Waals surface area (Å²) < 4.78 is 5.86. The molecule has 1 aromatic heterocycles. The third kappa shape index (κ3) is 6.53. The number of ketones is 1. The van der Waals surface area contributed by atoms with E-state index in [1.165, 1.54) is 0 Å². The summed E-state index contributed by atoms with van der Waals surface area (Å²) in [6.45, 7) is 10.8. The number of nitrogens with zero attached hydrogens (tertiary/aromatic N) is 1. The first-order valence-corrected chi connectivity index (χ1v) is 13.2. The first kappa shape index (κ1) is 27.0. The number of hydrogen-bond donors (Lipinski definition) is 3. The molecule has 3 N–H and O–H groups in total. The van der Waals surface area contributed by atoms with Crippen molar-refractivity contribution in [2.24, 2.45) is 17.3 Å². The first-order chi connectivity index (χ1) is 15.9. The summed E-state index contributed by atoms with van der Waals surface area (Å²) in [6.07, 6.45) is 2.64. The fourth-order valence-corrected chi connectivity index (χ4v) is 5.49. The van der Waals surface area contributed by atoms with Gasteiger partial charge in [0.05, 0.1) is 34.7 Å². The van der Waals surface area contributed by atoms with Gasteiger partial charge in [0.25, 0.3) is 0 Å². The average molecular weight is 493 g/mol. The highest BCUT2D eigenvalue weighted by molar-refractivity contribution is 7.09. The van der Waals surface area contributed by atoms with Crippen molar-refractivity contribution < 1.29 is 24.5 Å². The number of ether oxygens (including phenoxy) is 1. The summed E-state index contributed by atoms with van der Waals surface area (Å²) in [6, 6.07) is 0.615. The molecule has 0 amide bonds. The first-order valence-electron chi connectivity index (χ1n) is 12.4. The monoisotopic (exact) mass is 492 g/mol. The van der Waals surface area contributed by atoms with Crippen LogP contribution in [0.5, 0.6) is 0 Å². The molecule has 2 fully saturated rings. The van der Waals surface area contributed by atoms with Gasteiger partial charge in [-0.3, -0.25) is 9.59 Å². The summed E-state index contributed by atoms with van der Waals surface area (Å²) in [7, 11) is 0. The van der Waals surface area contributed by atoms with Gasteiger partial charge in [0.2, 0.25) is 0 Å². The highest BCUT2D eigenvalue weighted by Crippen LogP contribution is 2.33. The summed E-state index contributed by atoms with van der Waals surface area (Å²) in [5.74, 6) is -1.43. The molecule has 1 aromatic rings. The molecule has 0 radical (unpaired) electrons. The fraction of sp³-hybridized carbons (Fsp3) is 0.731. The number of hydrogen-bond acceptors (Lipinski definition) is 8. The van der Waals surface area contributed by atoms with Crippen molar-refractivity contribution in [2.75, 3.05) is 0 Å². The Kier molecular flexibility index (Phi) is 8.71. The molecule has 7 atom stereocenters. The van der Waals surface area contributed by atoms with E-state index < -0.39 is 35.6 Å². The molecule has 0 spiro atoms. The minimum atomic E-state index is -1.21. The second-order valence-electron chi connectivity index (χ2n) is 10.8. The van der Waals surface area contributed by atoms with Crippen molar-refractivity contribution in [3.05, 3.63) is 21.7 Å². The SMILES string of the molecule is C/C(=C/c1csc(C)n1)[C@@H]1C[C@@H]2N[C@@H]2CCC[C@H](C)[C@H](O)[C@@H](C)C(=O)C(C)(C)[C@@H](O)CC(=O)O1. The van der Waals surface area contributed by atoms with Gasteiger partial charge in [-0.2, -0.15) is 0 Å². The van der Waals surface area contributed by atoms with Crippen LogP contribution < -0.4 is 5.32 Å². The van der Waals surface area contributed by atoms with Crippen LogP contribution in [0.15, 0.2) is 11.0 Å². The largest absolute Gasteiger partial charge is 0.458 e. The number of esters is 1. The topological polar surface area (TPSA) is 119 Å². The molecule has 3 rings (SSSR count). The lowest BCUT2D eigenvalue weighted by Gasteiger charge is -2.34. The number of cyclic esters (lactones) is 1. The van der Waals surface area contributed by atoms with Crippen LogP contribution in [0.2, 0.25) is 0 Å². The van der Waals surface area contributed by atoms with E-state index in [1.807, 2.05) is 32.2 Å². The van der Waals surface area contributed by atoms with E-state index in [2.05, 4.69) is 10.3 Å². The molecule has 0 aliphatic carbocycles. The van der Waals surface area contributed by atoms with E-state index in [1.54, 1.807) is 32.1 Å². The van der Waals surface area contributed by atoms with E-state index in [0.29, 0.717) is 12.5 Å². The van der Waals surface area contributed by atoms with E-state index in [0.717, 1.165) is 35.5 Å². The number of thiazole rings is 1. The van der Waals surface area contributed by atoms with Crippen LogP contribution in [-0.2, 0) is 14.3 Å². The zero-order valence-electron chi connectivity index (χ0n) is 21.2. The molecule has 2 aliphatic rings. The quantitative estimate of drug-likeness (QED) is 0.426. The van der Waals surface area contributed by atoms with Gasteiger partial charge >= 0.3 is 5.97 Å². The highest BCUT2D eigenvalue weighted by Gasteiger charge is 2.43. The number of Topliss-reactive ketones (excluding diaryl/α,β-unsaturated/α-hetero) is 1. The molecular formula is C26H40N2O5S. The maximum absolute atomic E-state index is 13.2. The third-order valence-electron chi connectivity index (χ3n) is 7.58. The number of fused-ring (bicyclic) bond motifs is 1. The Labute approximate surface area is 207 Å². The Hall–Kier alpha value is -1.61. The molecule has 0 saturated carbocycles. The van der Waals surface area contributed by atoms with Gasteiger partial charge in [0.1, 0.15) is 11.9 Å². The smallest absolute Gasteiger partial charge is 0.309 e. The summed E-state index contributed by atoms with van der Waals surface area (Å²) in [5.41, 5.74) is 0.567. The minimum Gasteiger partial charge on any atom is -0.458 e. The molecule has 2 saturated heterocycles. The van der Waals surface area contributed by atoms with Crippen LogP contribution >= 0.6 is 11.3 Å². The second kappa shape index (κ2) is 11.0. The van der Waals surface area contributed by atoms with E-state index in [-0.39, 0.29) is 24.2 Å². The van der Waals surface area contributed by atoms with Gasteiger partial charge in [-0.1, -0.05) is 34.1 Å². The maximum atomic E-state index is 13.2. The van der Waals surface area contributed by atoms with E-state index >= 15 is 0 Å². The van der Waals surface area contributed by atoms with Crippen LogP contribution in [0.25, 0.3) is 6.08 Å². The molecule has 3 heterocycles. The summed E-state index contributed by atoms with van der Waals surface area (Å²) in [5, 5.41) is 28.1. The predicted octanol–water partition coefficient (Wildman–Crippen LogP) is 3.66. The Bertz CT molecular complexity index is 911. The van der Waals surface area contributed by atoms with E-state index in [9.17, 15) is 19.8 Å². The number of aliphatic hydroxyl groups excluding tert-OH is 2. The zero-order valence-corrected chi connectivity index (χ0v) is 22.0. The van der Waals surface area contributed by atoms with Crippen molar-refractivity contribution in [1.29, 1.82) is 0 Å². The lowest BCUT2D eigenvalue weighted by atomic mass is 9.73. The van der Waals surface area contributed by atoms with Crippen LogP contribution in [0.3, 0.4) is 0 Å². The van der Waals surface area contributed by atoms with Crippen LogP contribution in [0.4, 0.5) is 0 Å². The van der Waals surface area contributed by atoms with Gasteiger partial charge < -0.3 is 20.3 Å². The summed E-state index contributed by atoms with van der Waals surface area (Å²) in [4.78, 5) is 30.5. The molecule has 0 unspecified atom stereocenters. The van der Waals surface area contributed by atoms with Gasteiger partial charge in [0, 0.05) is 29.8 Å². The van der Waals surface area contributed by atoms with Crippen LogP contribution in [0, 0.1) is 24.2 Å². The van der Waals surface area contributed by atoms with Gasteiger partial charge in [-0.25, -0.2) is 4.98 Å². The van der Waals surface area contributed by atoms with Crippen molar-refractivity contribution in [1.82, 2.24) is 10.3 Å². The third-order valence-corrected chi connectivity index (χ3v) is 8.37. The fourth-order valence-electron chi connectivity index (χ4n) is 4.92. The Morgan fingerprint density at radius 2 is 1.94 bits per heavy atom. The normalized spacial score (nSPS) is 36.0. The molecule has 7 nitrogen and oxygen atoms in total. The number of aromatic nitrogens is 1. The van der Waals surface area contributed by atoms with Gasteiger partial charge in [-0.15, -0.1) is 11.3 Å². The molecule has 8 heteroatoms. The van der Waals surface area contributed by atoms with E-state index in [4.69, 9.17) is 4.74 Å². The van der Waals surface area contributed by atoms with Gasteiger partial charge in [-0.05, 0) is 44.3 Å². The second-order valence-corrected chi connectivity index (χ2v) is 11.8. The number of aliphatic hydroxyl groups is 2. The van der Waals surface area contributed by atoms with Gasteiger partial charge in [0.15, 0.2) is 0 Å². The lowest BCUT2D eigenvalue weighted by molar-refractivity contribution is -0.154. The number of aryl methyl sites for hydroxylation is 1. The van der Waals surface area contributed by atoms with Crippen LogP contribution in [0.1, 0.15) is 77.4 Å². The number of carbonyl (C=O) groups excluding carboxylic acids is 2. The highest BCUT2D eigenvalue weighted by atomic mass is 32.1. The molecule has 0 aromatic carbocycles. The van der Waals surface area contributed by atoms with Crippen LogP contribution in [-0.4, -0.2) is 57.3 Å². The number of carbonyl (C=O) groups is 2. The van der Waals surface area contributed by atoms with Crippen molar-refractivity contribution in [3.8, 4) is 0 Å². The number of rotatable bonds is 2. The molecule has 2 aliphatic heterocycles. The number of nitrogens with one attached hydrogen (secondary N) is 1. The Morgan fingerprint density at radius 1 is 1.24 bits per heavy atom. The minimum absolute atomic E-state index is 0.0264. The Morgan fingerprint density at radius 3 is 2.59 bits per heavy atom. The lowest BCUT2D eigenvalue weighted by Crippen LogP contribution is -2.45. The standard InChI is InChI=1S/C26H40N2O5S/c1-14-8-7-9-19-20(28-19)11-21(15(2)10-18-13-34-17(4)27-18)33-23(30)12-22(29)26(5,6)25(32)16(3)24(14)31/h10,13-14,16,19-22,24,28-29,31H,7-9,11-12H2,1-6H3/b15-10-/t14-,16+,19+,20-,21-,22-,24-/m0/s1. The Balaban J connectivity index is 1.81. The summed E-state index contributed by atoms with van der Waals surface area (Å²) >= 11 is 1.57. The van der Waals surface area contributed by atoms with Crippen molar-refractivity contribution in [3.63, 3.8) is 0 Å². The zero-order chi connectivity index (χ0) is 25.2. The molecule has 34 heavy (non-hydrogen) atoms.